The maximum absolute atomic E-state index is 14.0. The van der Waals surface area contributed by atoms with Gasteiger partial charge in [0.25, 0.3) is 5.91 Å². The molecule has 1 aliphatic rings. The third-order valence-electron chi connectivity index (χ3n) is 8.07. The molecule has 0 saturated carbocycles. The lowest BCUT2D eigenvalue weighted by Gasteiger charge is -2.29. The molecule has 0 aliphatic carbocycles. The molecule has 2 atom stereocenters. The summed E-state index contributed by atoms with van der Waals surface area (Å²) < 4.78 is 0. The summed E-state index contributed by atoms with van der Waals surface area (Å²) in [5.74, 6) is 0.0184. The molecule has 4 aromatic rings. The lowest BCUT2D eigenvalue weighted by atomic mass is 9.90. The fourth-order valence-electron chi connectivity index (χ4n) is 5.78. The maximum atomic E-state index is 14.0. The van der Waals surface area contributed by atoms with Gasteiger partial charge in [0.15, 0.2) is 5.96 Å². The van der Waals surface area contributed by atoms with E-state index in [1.165, 1.54) is 11.1 Å². The van der Waals surface area contributed by atoms with Gasteiger partial charge in [-0.3, -0.25) is 14.6 Å². The molecule has 0 aromatic heterocycles. The van der Waals surface area contributed by atoms with Crippen molar-refractivity contribution in [1.29, 1.82) is 0 Å². The van der Waals surface area contributed by atoms with Gasteiger partial charge in [0.1, 0.15) is 0 Å². The van der Waals surface area contributed by atoms with Gasteiger partial charge in [0.05, 0.1) is 6.04 Å². The van der Waals surface area contributed by atoms with Crippen LogP contribution in [0.25, 0.3) is 10.8 Å². The first-order chi connectivity index (χ1) is 21.0. The van der Waals surface area contributed by atoms with Gasteiger partial charge in [0, 0.05) is 43.7 Å². The van der Waals surface area contributed by atoms with Crippen LogP contribution in [-0.2, 0) is 4.79 Å². The van der Waals surface area contributed by atoms with E-state index in [1.807, 2.05) is 83.8 Å². The number of guanidine groups is 1. The van der Waals surface area contributed by atoms with Crippen molar-refractivity contribution in [2.75, 3.05) is 26.2 Å². The van der Waals surface area contributed by atoms with Crippen LogP contribution in [0.5, 0.6) is 0 Å². The fraction of sp³-hybridized carbons (Fsp3) is 0.286. The Balaban J connectivity index is 1.31. The molecule has 0 radical (unpaired) electrons. The number of rotatable bonds is 11. The zero-order valence-corrected chi connectivity index (χ0v) is 24.4. The molecule has 6 N–H and O–H groups in total. The first-order valence-corrected chi connectivity index (χ1v) is 14.9. The number of carbonyl (C=O) groups excluding carboxylic acids is 2. The number of nitrogens with zero attached hydrogens (tertiary/aromatic N) is 2. The van der Waals surface area contributed by atoms with Crippen molar-refractivity contribution < 1.29 is 9.59 Å². The topological polar surface area (TPSA) is 126 Å². The van der Waals surface area contributed by atoms with E-state index in [0.29, 0.717) is 51.0 Å². The van der Waals surface area contributed by atoms with Crippen LogP contribution in [0.1, 0.15) is 46.7 Å². The van der Waals surface area contributed by atoms with Gasteiger partial charge in [-0.1, -0.05) is 91.0 Å². The Bertz CT molecular complexity index is 1500. The molecular formula is C35H40N6O2. The van der Waals surface area contributed by atoms with Crippen molar-refractivity contribution in [2.45, 2.75) is 37.3 Å². The molecule has 0 spiro atoms. The molecule has 0 bridgehead atoms. The number of nitrogens with one attached hydrogen (secondary N) is 2. The lowest BCUT2D eigenvalue weighted by Crippen LogP contribution is -2.49. The number of nitrogens with two attached hydrogens (primary N) is 2. The van der Waals surface area contributed by atoms with Crippen LogP contribution in [0.4, 0.5) is 0 Å². The Kier molecular flexibility index (Phi) is 10.0. The van der Waals surface area contributed by atoms with E-state index in [4.69, 9.17) is 11.5 Å². The summed E-state index contributed by atoms with van der Waals surface area (Å²) in [4.78, 5) is 33.2. The van der Waals surface area contributed by atoms with Crippen molar-refractivity contribution in [3.63, 3.8) is 0 Å². The smallest absolute Gasteiger partial charge is 0.251 e. The van der Waals surface area contributed by atoms with Crippen LogP contribution in [0.15, 0.2) is 108 Å². The second-order valence-electron chi connectivity index (χ2n) is 11.1. The number of carbonyl (C=O) groups is 2. The summed E-state index contributed by atoms with van der Waals surface area (Å²) >= 11 is 0. The van der Waals surface area contributed by atoms with Crippen molar-refractivity contribution in [3.8, 4) is 0 Å². The minimum Gasteiger partial charge on any atom is -0.370 e. The second kappa shape index (κ2) is 14.5. The predicted molar refractivity (Wildman–Crippen MR) is 173 cm³/mol. The van der Waals surface area contributed by atoms with E-state index in [0.717, 1.165) is 10.8 Å². The van der Waals surface area contributed by atoms with Gasteiger partial charge in [-0.2, -0.15) is 0 Å². The minimum atomic E-state index is -0.411. The zero-order chi connectivity index (χ0) is 30.0. The number of hydrogen-bond acceptors (Lipinski definition) is 4. The Morgan fingerprint density at radius 2 is 1.56 bits per heavy atom. The standard InChI is InChI=1S/C35H40N6O2/c36-35(37)38-20-9-16-32-34(43)41(24-31(26-11-3-1-4-12-26)27-13-5-2-6-14-27)21-19-30(40-32)23-39-33(42)29-18-17-25-10-7-8-15-28(25)22-29/h1-8,10-15,17-18,22,30-32,40H,9,16,19-21,23-24H2,(H,39,42)(H4,36,37,38)/t30-,32?/m0/s1. The summed E-state index contributed by atoms with van der Waals surface area (Å²) in [7, 11) is 0. The van der Waals surface area contributed by atoms with Crippen LogP contribution in [0.2, 0.25) is 0 Å². The Labute approximate surface area is 253 Å². The summed E-state index contributed by atoms with van der Waals surface area (Å²) in [6, 6.07) is 33.9. The molecule has 4 aromatic carbocycles. The summed E-state index contributed by atoms with van der Waals surface area (Å²) in [6.07, 6.45) is 1.96. The molecule has 1 saturated heterocycles. The molecule has 8 heteroatoms. The van der Waals surface area contributed by atoms with Gasteiger partial charge in [-0.05, 0) is 53.3 Å². The van der Waals surface area contributed by atoms with Gasteiger partial charge in [0.2, 0.25) is 5.91 Å². The lowest BCUT2D eigenvalue weighted by molar-refractivity contribution is -0.133. The molecule has 43 heavy (non-hydrogen) atoms. The van der Waals surface area contributed by atoms with E-state index in [9.17, 15) is 9.59 Å². The SMILES string of the molecule is NC(N)=NCCCC1N[C@H](CNC(=O)c2ccc3ccccc3c2)CCN(CC(c2ccccc2)c2ccccc2)C1=O. The fourth-order valence-corrected chi connectivity index (χ4v) is 5.78. The summed E-state index contributed by atoms with van der Waals surface area (Å²) in [5.41, 5.74) is 14.0. The quantitative estimate of drug-likeness (QED) is 0.122. The van der Waals surface area contributed by atoms with Crippen LogP contribution < -0.4 is 22.1 Å². The summed E-state index contributed by atoms with van der Waals surface area (Å²) in [5, 5.41) is 8.77. The Hall–Kier alpha value is -4.69. The number of amides is 2. The van der Waals surface area contributed by atoms with Crippen LogP contribution in [0, 0.1) is 0 Å². The second-order valence-corrected chi connectivity index (χ2v) is 11.1. The molecular weight excluding hydrogens is 536 g/mol. The highest BCUT2D eigenvalue weighted by atomic mass is 16.2. The van der Waals surface area contributed by atoms with Crippen molar-refractivity contribution in [1.82, 2.24) is 15.5 Å². The summed E-state index contributed by atoms with van der Waals surface area (Å²) in [6.45, 7) is 2.02. The monoisotopic (exact) mass is 576 g/mol. The van der Waals surface area contributed by atoms with E-state index >= 15 is 0 Å². The van der Waals surface area contributed by atoms with Gasteiger partial charge >= 0.3 is 0 Å². The molecule has 1 heterocycles. The van der Waals surface area contributed by atoms with E-state index < -0.39 is 6.04 Å². The highest BCUT2D eigenvalue weighted by molar-refractivity contribution is 5.98. The third kappa shape index (κ3) is 7.99. The van der Waals surface area contributed by atoms with E-state index in [-0.39, 0.29) is 29.7 Å². The molecule has 1 fully saturated rings. The molecule has 222 valence electrons. The average molecular weight is 577 g/mol. The van der Waals surface area contributed by atoms with Crippen LogP contribution in [0.3, 0.4) is 0 Å². The Morgan fingerprint density at radius 1 is 0.907 bits per heavy atom. The van der Waals surface area contributed by atoms with Crippen molar-refractivity contribution in [3.05, 3.63) is 120 Å². The highest BCUT2D eigenvalue weighted by Gasteiger charge is 2.32. The average Bonchev–Trinajstić information content (AvgIpc) is 3.19. The van der Waals surface area contributed by atoms with Gasteiger partial charge in [-0.25, -0.2) is 0 Å². The van der Waals surface area contributed by atoms with E-state index in [1.54, 1.807) is 0 Å². The third-order valence-corrected chi connectivity index (χ3v) is 8.07. The first-order valence-electron chi connectivity index (χ1n) is 14.9. The molecule has 5 rings (SSSR count). The van der Waals surface area contributed by atoms with Crippen LogP contribution in [-0.4, -0.2) is 60.9 Å². The number of fused-ring (bicyclic) bond motifs is 1. The predicted octanol–water partition coefficient (Wildman–Crippen LogP) is 4.01. The van der Waals surface area contributed by atoms with Gasteiger partial charge in [-0.15, -0.1) is 0 Å². The zero-order valence-electron chi connectivity index (χ0n) is 24.4. The number of benzene rings is 4. The maximum Gasteiger partial charge on any atom is 0.251 e. The highest BCUT2D eigenvalue weighted by Crippen LogP contribution is 2.27. The number of aliphatic imine (C=N–C) groups is 1. The van der Waals surface area contributed by atoms with Gasteiger partial charge < -0.3 is 27.0 Å². The van der Waals surface area contributed by atoms with E-state index in [2.05, 4.69) is 39.9 Å². The van der Waals surface area contributed by atoms with Crippen molar-refractivity contribution >= 4 is 28.5 Å². The molecule has 1 aliphatic heterocycles. The molecule has 2 amide bonds. The van der Waals surface area contributed by atoms with Crippen molar-refractivity contribution in [2.24, 2.45) is 16.5 Å². The Morgan fingerprint density at radius 3 is 2.23 bits per heavy atom. The largest absolute Gasteiger partial charge is 0.370 e. The molecule has 8 nitrogen and oxygen atoms in total. The first kappa shape index (κ1) is 29.8. The normalized spacial score (nSPS) is 17.0. The van der Waals surface area contributed by atoms with Crippen LogP contribution >= 0.6 is 0 Å². The minimum absolute atomic E-state index is 0.0396. The molecule has 1 unspecified atom stereocenters. The number of hydrogen-bond donors (Lipinski definition) is 4.